The Kier molecular flexibility index (Phi) is 4.59. The monoisotopic (exact) mass is 260 g/mol. The number of hydrogen-bond acceptors (Lipinski definition) is 3. The van der Waals surface area contributed by atoms with Gasteiger partial charge in [0.2, 0.25) is 0 Å². The van der Waals surface area contributed by atoms with Gasteiger partial charge in [-0.3, -0.25) is 4.79 Å². The number of nitrogens with one attached hydrogen (secondary N) is 1. The van der Waals surface area contributed by atoms with Gasteiger partial charge in [0.05, 0.1) is 6.04 Å². The van der Waals surface area contributed by atoms with Gasteiger partial charge in [-0.1, -0.05) is 19.8 Å². The average molecular weight is 260 g/mol. The second-order valence-electron chi connectivity index (χ2n) is 5.74. The summed E-state index contributed by atoms with van der Waals surface area (Å²) in [6.45, 7) is 4.23. The summed E-state index contributed by atoms with van der Waals surface area (Å²) >= 11 is 0. The third-order valence-corrected chi connectivity index (χ3v) is 4.16. The van der Waals surface area contributed by atoms with Crippen molar-refractivity contribution in [3.8, 4) is 0 Å². The van der Waals surface area contributed by atoms with Crippen molar-refractivity contribution in [1.29, 1.82) is 0 Å². The molecular weight excluding hydrogens is 236 g/mol. The Hall–Kier alpha value is -1.35. The van der Waals surface area contributed by atoms with Gasteiger partial charge in [-0.05, 0) is 49.9 Å². The van der Waals surface area contributed by atoms with Crippen molar-refractivity contribution in [1.82, 2.24) is 5.32 Å². The summed E-state index contributed by atoms with van der Waals surface area (Å²) in [4.78, 5) is 12.3. The molecule has 19 heavy (non-hydrogen) atoms. The minimum Gasteiger partial charge on any atom is -0.399 e. The predicted octanol–water partition coefficient (Wildman–Crippen LogP) is 3.01. The van der Waals surface area contributed by atoms with Gasteiger partial charge < -0.3 is 11.1 Å². The van der Waals surface area contributed by atoms with E-state index in [1.807, 2.05) is 6.92 Å². The van der Waals surface area contributed by atoms with E-state index in [9.17, 15) is 4.79 Å². The molecule has 3 atom stereocenters. The number of nitrogen functional groups attached to an aromatic ring is 1. The van der Waals surface area contributed by atoms with Crippen molar-refractivity contribution < 1.29 is 4.79 Å². The van der Waals surface area contributed by atoms with Crippen LogP contribution in [0, 0.1) is 5.92 Å². The van der Waals surface area contributed by atoms with Crippen molar-refractivity contribution in [3.05, 3.63) is 29.8 Å². The van der Waals surface area contributed by atoms with Crippen molar-refractivity contribution in [3.63, 3.8) is 0 Å². The highest BCUT2D eigenvalue weighted by atomic mass is 16.1. The second kappa shape index (κ2) is 6.20. The smallest absolute Gasteiger partial charge is 0.179 e. The molecule has 1 aliphatic carbocycles. The molecule has 1 aromatic carbocycles. The number of benzene rings is 1. The third-order valence-electron chi connectivity index (χ3n) is 4.16. The summed E-state index contributed by atoms with van der Waals surface area (Å²) in [5, 5.41) is 3.50. The highest BCUT2D eigenvalue weighted by Crippen LogP contribution is 2.24. The Balaban J connectivity index is 1.97. The molecule has 0 aromatic heterocycles. The minimum atomic E-state index is -0.130. The van der Waals surface area contributed by atoms with Gasteiger partial charge in [0.25, 0.3) is 0 Å². The van der Waals surface area contributed by atoms with Gasteiger partial charge in [-0.2, -0.15) is 0 Å². The number of nitrogens with two attached hydrogens (primary N) is 1. The predicted molar refractivity (Wildman–Crippen MR) is 79.2 cm³/mol. The Labute approximate surface area is 115 Å². The number of Topliss-reactive ketones (excluding diaryl/α,β-unsaturated/α-hetero) is 1. The highest BCUT2D eigenvalue weighted by molar-refractivity contribution is 6.00. The first-order valence-electron chi connectivity index (χ1n) is 7.23. The molecule has 1 aliphatic rings. The highest BCUT2D eigenvalue weighted by Gasteiger charge is 2.25. The molecule has 0 aliphatic heterocycles. The molecule has 0 saturated heterocycles. The first kappa shape index (κ1) is 14.1. The van der Waals surface area contributed by atoms with Crippen molar-refractivity contribution >= 4 is 11.5 Å². The van der Waals surface area contributed by atoms with Crippen LogP contribution in [-0.4, -0.2) is 17.9 Å². The molecule has 0 heterocycles. The van der Waals surface area contributed by atoms with Gasteiger partial charge in [-0.25, -0.2) is 0 Å². The molecule has 104 valence electrons. The van der Waals surface area contributed by atoms with Crippen molar-refractivity contribution in [2.45, 2.75) is 51.6 Å². The molecule has 3 N–H and O–H groups in total. The van der Waals surface area contributed by atoms with Crippen LogP contribution in [0.5, 0.6) is 0 Å². The van der Waals surface area contributed by atoms with E-state index >= 15 is 0 Å². The maximum atomic E-state index is 12.3. The number of hydrogen-bond donors (Lipinski definition) is 2. The lowest BCUT2D eigenvalue weighted by molar-refractivity contribution is 0.0933. The zero-order valence-electron chi connectivity index (χ0n) is 11.9. The van der Waals surface area contributed by atoms with Gasteiger partial charge in [0.1, 0.15) is 0 Å². The average Bonchev–Trinajstić information content (AvgIpc) is 2.41. The molecule has 0 spiro atoms. The molecule has 0 bridgehead atoms. The zero-order valence-corrected chi connectivity index (χ0v) is 11.9. The van der Waals surface area contributed by atoms with Crippen molar-refractivity contribution in [2.24, 2.45) is 5.92 Å². The van der Waals surface area contributed by atoms with Crippen LogP contribution in [-0.2, 0) is 0 Å². The molecular formula is C16H24N2O. The Morgan fingerprint density at radius 1 is 1.26 bits per heavy atom. The van der Waals surface area contributed by atoms with Crippen LogP contribution in [0.3, 0.4) is 0 Å². The second-order valence-corrected chi connectivity index (χ2v) is 5.74. The van der Waals surface area contributed by atoms with E-state index in [1.54, 1.807) is 24.3 Å². The summed E-state index contributed by atoms with van der Waals surface area (Å²) in [5.74, 6) is 0.813. The van der Waals surface area contributed by atoms with Crippen LogP contribution in [0.15, 0.2) is 24.3 Å². The molecule has 0 radical (unpaired) electrons. The van der Waals surface area contributed by atoms with E-state index in [0.717, 1.165) is 5.56 Å². The van der Waals surface area contributed by atoms with Gasteiger partial charge in [0.15, 0.2) is 5.78 Å². The van der Waals surface area contributed by atoms with E-state index in [-0.39, 0.29) is 11.8 Å². The van der Waals surface area contributed by atoms with E-state index in [4.69, 9.17) is 5.73 Å². The largest absolute Gasteiger partial charge is 0.399 e. The number of anilines is 1. The lowest BCUT2D eigenvalue weighted by atomic mass is 9.85. The fourth-order valence-electron chi connectivity index (χ4n) is 2.86. The number of carbonyl (C=O) groups excluding carboxylic acids is 1. The Morgan fingerprint density at radius 2 is 1.89 bits per heavy atom. The zero-order chi connectivity index (χ0) is 13.8. The topological polar surface area (TPSA) is 55.1 Å². The molecule has 3 nitrogen and oxygen atoms in total. The number of rotatable bonds is 4. The maximum absolute atomic E-state index is 12.3. The standard InChI is InChI=1S/C16H24N2O/c1-11-5-3-4-6-15(11)18-12(2)16(19)13-7-9-14(17)10-8-13/h7-12,15,18H,3-6,17H2,1-2H3. The number of carbonyl (C=O) groups is 1. The fraction of sp³-hybridized carbons (Fsp3) is 0.562. The first-order valence-corrected chi connectivity index (χ1v) is 7.23. The van der Waals surface area contributed by atoms with Crippen LogP contribution in [0.25, 0.3) is 0 Å². The summed E-state index contributed by atoms with van der Waals surface area (Å²) < 4.78 is 0. The molecule has 3 heteroatoms. The lowest BCUT2D eigenvalue weighted by Crippen LogP contribution is -2.45. The van der Waals surface area contributed by atoms with E-state index in [1.165, 1.54) is 25.7 Å². The Morgan fingerprint density at radius 3 is 2.53 bits per heavy atom. The van der Waals surface area contributed by atoms with Crippen LogP contribution in [0.4, 0.5) is 5.69 Å². The Bertz CT molecular complexity index is 427. The van der Waals surface area contributed by atoms with Gasteiger partial charge in [0, 0.05) is 17.3 Å². The summed E-state index contributed by atoms with van der Waals surface area (Å²) in [6, 6.07) is 7.52. The van der Waals surface area contributed by atoms with E-state index < -0.39 is 0 Å². The minimum absolute atomic E-state index is 0.130. The SMILES string of the molecule is CC(NC1CCCCC1C)C(=O)c1ccc(N)cc1. The quantitative estimate of drug-likeness (QED) is 0.646. The molecule has 0 amide bonds. The molecule has 1 aromatic rings. The normalized spacial score (nSPS) is 24.9. The van der Waals surface area contributed by atoms with Crippen LogP contribution in [0.2, 0.25) is 0 Å². The molecule has 2 rings (SSSR count). The van der Waals surface area contributed by atoms with Gasteiger partial charge in [-0.15, -0.1) is 0 Å². The van der Waals surface area contributed by atoms with Gasteiger partial charge >= 0.3 is 0 Å². The molecule has 3 unspecified atom stereocenters. The summed E-state index contributed by atoms with van der Waals surface area (Å²) in [7, 11) is 0. The van der Waals surface area contributed by atoms with Crippen LogP contribution < -0.4 is 11.1 Å². The van der Waals surface area contributed by atoms with Crippen LogP contribution in [0.1, 0.15) is 49.9 Å². The summed E-state index contributed by atoms with van der Waals surface area (Å²) in [5.41, 5.74) is 7.07. The number of ketones is 1. The molecule has 1 fully saturated rings. The maximum Gasteiger partial charge on any atom is 0.179 e. The lowest BCUT2D eigenvalue weighted by Gasteiger charge is -2.31. The van der Waals surface area contributed by atoms with E-state index in [2.05, 4.69) is 12.2 Å². The molecule has 1 saturated carbocycles. The van der Waals surface area contributed by atoms with Crippen molar-refractivity contribution in [2.75, 3.05) is 5.73 Å². The third kappa shape index (κ3) is 3.57. The fourth-order valence-corrected chi connectivity index (χ4v) is 2.86. The first-order chi connectivity index (χ1) is 9.08. The summed E-state index contributed by atoms with van der Waals surface area (Å²) in [6.07, 6.45) is 5.03. The van der Waals surface area contributed by atoms with E-state index in [0.29, 0.717) is 17.6 Å². The van der Waals surface area contributed by atoms with Crippen LogP contribution >= 0.6 is 0 Å².